The minimum Gasteiger partial charge on any atom is -0.497 e. The van der Waals surface area contributed by atoms with Crippen LogP contribution in [0.3, 0.4) is 0 Å². The zero-order chi connectivity index (χ0) is 20.0. The average molecular weight is 383 g/mol. The van der Waals surface area contributed by atoms with E-state index in [4.69, 9.17) is 4.74 Å². The Morgan fingerprint density at radius 2 is 1.66 bits per heavy atom. The van der Waals surface area contributed by atoms with Gasteiger partial charge in [0.1, 0.15) is 5.75 Å². The first-order valence-electron chi connectivity index (χ1n) is 9.90. The van der Waals surface area contributed by atoms with Crippen molar-refractivity contribution in [1.29, 1.82) is 0 Å². The Morgan fingerprint density at radius 1 is 0.931 bits per heavy atom. The normalized spacial score (nSPS) is 17.2. The van der Waals surface area contributed by atoms with E-state index in [0.29, 0.717) is 16.7 Å². The molecular formula is C25H21NO3. The highest BCUT2D eigenvalue weighted by atomic mass is 16.5. The molecule has 0 radical (unpaired) electrons. The highest BCUT2D eigenvalue weighted by Crippen LogP contribution is 2.38. The van der Waals surface area contributed by atoms with E-state index in [0.717, 1.165) is 41.8 Å². The fraction of sp³-hybridized carbons (Fsp3) is 0.200. The Balaban J connectivity index is 1.45. The molecular weight excluding hydrogens is 362 g/mol. The summed E-state index contributed by atoms with van der Waals surface area (Å²) < 4.78 is 5.24. The number of nitrogens with zero attached hydrogens (tertiary/aromatic N) is 1. The van der Waals surface area contributed by atoms with Gasteiger partial charge in [0.05, 0.1) is 13.2 Å². The molecule has 2 aliphatic rings. The minimum atomic E-state index is -0.0186. The quantitative estimate of drug-likeness (QED) is 0.506. The molecule has 1 atom stereocenters. The fourth-order valence-corrected chi connectivity index (χ4v) is 4.51. The van der Waals surface area contributed by atoms with Gasteiger partial charge in [-0.1, -0.05) is 42.5 Å². The summed E-state index contributed by atoms with van der Waals surface area (Å²) in [6, 6.07) is 21.1. The van der Waals surface area contributed by atoms with Gasteiger partial charge in [-0.15, -0.1) is 0 Å². The third kappa shape index (κ3) is 2.83. The van der Waals surface area contributed by atoms with Crippen molar-refractivity contribution in [2.75, 3.05) is 13.7 Å². The van der Waals surface area contributed by atoms with E-state index in [9.17, 15) is 9.59 Å². The summed E-state index contributed by atoms with van der Waals surface area (Å²) in [5.74, 6) is 0.787. The van der Waals surface area contributed by atoms with Crippen LogP contribution >= 0.6 is 0 Å². The Hall–Kier alpha value is -3.40. The molecule has 1 aliphatic carbocycles. The molecule has 1 amide bonds. The number of methoxy groups -OCH3 is 1. The number of hydrogen-bond acceptors (Lipinski definition) is 3. The van der Waals surface area contributed by atoms with E-state index >= 15 is 0 Å². The highest BCUT2D eigenvalue weighted by molar-refractivity contribution is 6.22. The van der Waals surface area contributed by atoms with Gasteiger partial charge in [0.25, 0.3) is 5.91 Å². The molecule has 5 rings (SSSR count). The predicted octanol–water partition coefficient (Wildman–Crippen LogP) is 4.88. The van der Waals surface area contributed by atoms with Crippen LogP contribution in [0.1, 0.15) is 50.7 Å². The molecule has 0 bridgehead atoms. The molecule has 1 fully saturated rings. The van der Waals surface area contributed by atoms with E-state index < -0.39 is 0 Å². The van der Waals surface area contributed by atoms with Gasteiger partial charge < -0.3 is 9.64 Å². The van der Waals surface area contributed by atoms with Crippen molar-refractivity contribution in [1.82, 2.24) is 4.90 Å². The van der Waals surface area contributed by atoms with Gasteiger partial charge in [-0.2, -0.15) is 0 Å². The van der Waals surface area contributed by atoms with Crippen molar-refractivity contribution in [3.05, 3.63) is 89.0 Å². The van der Waals surface area contributed by atoms with Crippen molar-refractivity contribution in [3.63, 3.8) is 0 Å². The standard InChI is InChI=1S/C25H21NO3/c1-29-18-11-8-16(9-12-18)23-7-4-14-26(23)25(28)17-10-13-20-19-5-2-3-6-21(19)24(27)22(20)15-17/h2-3,5-6,8-13,15,23H,4,7,14H2,1H3. The van der Waals surface area contributed by atoms with Crippen LogP contribution in [0.15, 0.2) is 66.7 Å². The molecule has 4 nitrogen and oxygen atoms in total. The average Bonchev–Trinajstić information content (AvgIpc) is 3.37. The lowest BCUT2D eigenvalue weighted by molar-refractivity contribution is 0.0735. The third-order valence-corrected chi connectivity index (χ3v) is 5.99. The lowest BCUT2D eigenvalue weighted by Crippen LogP contribution is -2.30. The molecule has 0 spiro atoms. The Morgan fingerprint density at radius 3 is 2.41 bits per heavy atom. The Kier molecular flexibility index (Phi) is 4.20. The first kappa shape index (κ1) is 17.7. The second-order valence-electron chi connectivity index (χ2n) is 7.56. The lowest BCUT2D eigenvalue weighted by Gasteiger charge is -2.25. The topological polar surface area (TPSA) is 46.6 Å². The van der Waals surface area contributed by atoms with E-state index in [1.165, 1.54) is 0 Å². The van der Waals surface area contributed by atoms with Gasteiger partial charge in [-0.25, -0.2) is 0 Å². The molecule has 3 aromatic carbocycles. The van der Waals surface area contributed by atoms with Crippen LogP contribution in [0.25, 0.3) is 11.1 Å². The number of rotatable bonds is 3. The van der Waals surface area contributed by atoms with Gasteiger partial charge in [0.15, 0.2) is 5.78 Å². The molecule has 3 aromatic rings. The van der Waals surface area contributed by atoms with Crippen molar-refractivity contribution in [3.8, 4) is 16.9 Å². The van der Waals surface area contributed by atoms with Crippen LogP contribution in [-0.4, -0.2) is 30.2 Å². The molecule has 1 heterocycles. The number of carbonyl (C=O) groups excluding carboxylic acids is 2. The van der Waals surface area contributed by atoms with Gasteiger partial charge >= 0.3 is 0 Å². The maximum atomic E-state index is 13.3. The molecule has 29 heavy (non-hydrogen) atoms. The summed E-state index contributed by atoms with van der Waals surface area (Å²) in [6.07, 6.45) is 1.91. The van der Waals surface area contributed by atoms with E-state index in [2.05, 4.69) is 0 Å². The number of hydrogen-bond donors (Lipinski definition) is 0. The van der Waals surface area contributed by atoms with Crippen LogP contribution in [0.5, 0.6) is 5.75 Å². The molecule has 0 N–H and O–H groups in total. The number of carbonyl (C=O) groups is 2. The van der Waals surface area contributed by atoms with Crippen molar-refractivity contribution in [2.24, 2.45) is 0 Å². The molecule has 1 unspecified atom stereocenters. The summed E-state index contributed by atoms with van der Waals surface area (Å²) in [5, 5.41) is 0. The maximum absolute atomic E-state index is 13.3. The van der Waals surface area contributed by atoms with Crippen molar-refractivity contribution < 1.29 is 14.3 Å². The maximum Gasteiger partial charge on any atom is 0.254 e. The van der Waals surface area contributed by atoms with Crippen LogP contribution in [0, 0.1) is 0 Å². The smallest absolute Gasteiger partial charge is 0.254 e. The lowest BCUT2D eigenvalue weighted by atomic mass is 10.0. The zero-order valence-electron chi connectivity index (χ0n) is 16.2. The second-order valence-corrected chi connectivity index (χ2v) is 7.56. The molecule has 0 aromatic heterocycles. The van der Waals surface area contributed by atoms with Crippen molar-refractivity contribution in [2.45, 2.75) is 18.9 Å². The van der Waals surface area contributed by atoms with Crippen molar-refractivity contribution >= 4 is 11.7 Å². The number of amides is 1. The zero-order valence-corrected chi connectivity index (χ0v) is 16.2. The van der Waals surface area contributed by atoms with Crippen LogP contribution < -0.4 is 4.74 Å². The van der Waals surface area contributed by atoms with Crippen LogP contribution in [0.4, 0.5) is 0 Å². The molecule has 1 aliphatic heterocycles. The first-order chi connectivity index (χ1) is 14.2. The van der Waals surface area contributed by atoms with Gasteiger partial charge in [-0.05, 0) is 53.8 Å². The number of ether oxygens (including phenoxy) is 1. The van der Waals surface area contributed by atoms with Crippen LogP contribution in [-0.2, 0) is 0 Å². The summed E-state index contributed by atoms with van der Waals surface area (Å²) in [5.41, 5.74) is 4.88. The van der Waals surface area contributed by atoms with E-state index in [1.54, 1.807) is 13.2 Å². The SMILES string of the molecule is COc1ccc(C2CCCN2C(=O)c2ccc3c(c2)C(=O)c2ccccc2-3)cc1. The molecule has 1 saturated heterocycles. The molecule has 4 heteroatoms. The number of ketones is 1. The molecule has 0 saturated carbocycles. The summed E-state index contributed by atoms with van der Waals surface area (Å²) >= 11 is 0. The number of benzene rings is 3. The fourth-order valence-electron chi connectivity index (χ4n) is 4.51. The monoisotopic (exact) mass is 383 g/mol. The van der Waals surface area contributed by atoms with Gasteiger partial charge in [-0.3, -0.25) is 9.59 Å². The second kappa shape index (κ2) is 6.89. The Labute approximate surface area is 169 Å². The Bertz CT molecular complexity index is 1120. The minimum absolute atomic E-state index is 0.00150. The summed E-state index contributed by atoms with van der Waals surface area (Å²) in [4.78, 5) is 28.0. The molecule has 144 valence electrons. The third-order valence-electron chi connectivity index (χ3n) is 5.99. The van der Waals surface area contributed by atoms with E-state index in [-0.39, 0.29) is 17.7 Å². The predicted molar refractivity (Wildman–Crippen MR) is 111 cm³/mol. The highest BCUT2D eigenvalue weighted by Gasteiger charge is 2.32. The van der Waals surface area contributed by atoms with Crippen LogP contribution in [0.2, 0.25) is 0 Å². The number of fused-ring (bicyclic) bond motifs is 3. The summed E-state index contributed by atoms with van der Waals surface area (Å²) in [7, 11) is 1.65. The number of likely N-dealkylation sites (tertiary alicyclic amines) is 1. The largest absolute Gasteiger partial charge is 0.497 e. The summed E-state index contributed by atoms with van der Waals surface area (Å²) in [6.45, 7) is 0.723. The van der Waals surface area contributed by atoms with Gasteiger partial charge in [0, 0.05) is 23.2 Å². The first-order valence-corrected chi connectivity index (χ1v) is 9.90. The van der Waals surface area contributed by atoms with Gasteiger partial charge in [0.2, 0.25) is 0 Å². The van der Waals surface area contributed by atoms with E-state index in [1.807, 2.05) is 65.6 Å².